The zero-order valence-electron chi connectivity index (χ0n) is 12.7. The first-order valence-corrected chi connectivity index (χ1v) is 7.53. The van der Waals surface area contributed by atoms with E-state index in [-0.39, 0.29) is 30.3 Å². The molecule has 1 aliphatic carbocycles. The molecule has 3 N–H and O–H groups in total. The molecule has 22 heavy (non-hydrogen) atoms. The second-order valence-electron chi connectivity index (χ2n) is 5.77. The maximum atomic E-state index is 12.0. The van der Waals surface area contributed by atoms with Crippen LogP contribution in [0.15, 0.2) is 22.6 Å². The highest BCUT2D eigenvalue weighted by Crippen LogP contribution is 2.24. The van der Waals surface area contributed by atoms with Gasteiger partial charge in [-0.05, 0) is 31.4 Å². The average molecular weight is 324 g/mol. The van der Waals surface area contributed by atoms with Gasteiger partial charge in [-0.15, -0.1) is 12.4 Å². The fourth-order valence-corrected chi connectivity index (χ4v) is 2.98. The number of aryl methyl sites for hydroxylation is 1. The summed E-state index contributed by atoms with van der Waals surface area (Å²) in [5.41, 5.74) is 8.74. The van der Waals surface area contributed by atoms with Gasteiger partial charge in [0.1, 0.15) is 5.52 Å². The van der Waals surface area contributed by atoms with Gasteiger partial charge in [0, 0.05) is 19.0 Å². The summed E-state index contributed by atoms with van der Waals surface area (Å²) in [6.07, 6.45) is 3.49. The van der Waals surface area contributed by atoms with Crippen molar-refractivity contribution in [2.75, 3.05) is 6.54 Å². The Kier molecular flexibility index (Phi) is 5.42. The van der Waals surface area contributed by atoms with Gasteiger partial charge in [0.05, 0.1) is 5.92 Å². The van der Waals surface area contributed by atoms with E-state index in [1.165, 1.54) is 0 Å². The SMILES string of the molecule is Cc1cccc2oc(CCNC(=O)C3CCCC3N)nc12.Cl. The third-order valence-corrected chi connectivity index (χ3v) is 4.21. The summed E-state index contributed by atoms with van der Waals surface area (Å²) < 4.78 is 5.69. The number of hydrogen-bond acceptors (Lipinski definition) is 4. The summed E-state index contributed by atoms with van der Waals surface area (Å²) in [5, 5.41) is 2.94. The number of nitrogens with two attached hydrogens (primary N) is 1. The van der Waals surface area contributed by atoms with Gasteiger partial charge in [-0.1, -0.05) is 18.6 Å². The number of oxazole rings is 1. The van der Waals surface area contributed by atoms with Gasteiger partial charge < -0.3 is 15.5 Å². The number of halogens is 1. The summed E-state index contributed by atoms with van der Waals surface area (Å²) in [6, 6.07) is 5.89. The van der Waals surface area contributed by atoms with Crippen molar-refractivity contribution < 1.29 is 9.21 Å². The number of nitrogens with zero attached hydrogens (tertiary/aromatic N) is 1. The van der Waals surface area contributed by atoms with E-state index in [9.17, 15) is 4.79 Å². The molecule has 2 aromatic rings. The molecule has 3 rings (SSSR count). The van der Waals surface area contributed by atoms with Crippen LogP contribution in [0.2, 0.25) is 0 Å². The molecule has 1 amide bonds. The van der Waals surface area contributed by atoms with Gasteiger partial charge in [-0.3, -0.25) is 4.79 Å². The van der Waals surface area contributed by atoms with E-state index < -0.39 is 0 Å². The van der Waals surface area contributed by atoms with E-state index in [2.05, 4.69) is 10.3 Å². The van der Waals surface area contributed by atoms with Crippen molar-refractivity contribution in [3.8, 4) is 0 Å². The highest BCUT2D eigenvalue weighted by Gasteiger charge is 2.29. The van der Waals surface area contributed by atoms with Gasteiger partial charge in [-0.25, -0.2) is 4.98 Å². The first kappa shape index (κ1) is 16.8. The number of nitrogens with one attached hydrogen (secondary N) is 1. The van der Waals surface area contributed by atoms with Gasteiger partial charge in [0.25, 0.3) is 0 Å². The molecule has 0 aliphatic heterocycles. The minimum atomic E-state index is -0.0316. The quantitative estimate of drug-likeness (QED) is 0.905. The number of rotatable bonds is 4. The van der Waals surface area contributed by atoms with E-state index >= 15 is 0 Å². The number of para-hydroxylation sites is 1. The lowest BCUT2D eigenvalue weighted by atomic mass is 10.0. The monoisotopic (exact) mass is 323 g/mol. The molecule has 5 nitrogen and oxygen atoms in total. The molecule has 1 aromatic heterocycles. The fourth-order valence-electron chi connectivity index (χ4n) is 2.98. The first-order valence-electron chi connectivity index (χ1n) is 7.53. The molecule has 1 aliphatic rings. The molecule has 0 saturated heterocycles. The largest absolute Gasteiger partial charge is 0.441 e. The number of carbonyl (C=O) groups excluding carboxylic acids is 1. The smallest absolute Gasteiger partial charge is 0.224 e. The van der Waals surface area contributed by atoms with E-state index in [1.54, 1.807) is 0 Å². The van der Waals surface area contributed by atoms with E-state index in [1.807, 2.05) is 25.1 Å². The van der Waals surface area contributed by atoms with Gasteiger partial charge in [-0.2, -0.15) is 0 Å². The molecular formula is C16H22ClN3O2. The standard InChI is InChI=1S/C16H21N3O2.ClH/c1-10-4-2-7-13-15(10)19-14(21-13)8-9-18-16(20)11-5-3-6-12(11)17;/h2,4,7,11-12H,3,5-6,8-9,17H2,1H3,(H,18,20);1H. The molecule has 2 unspecified atom stereocenters. The van der Waals surface area contributed by atoms with Crippen LogP contribution in [-0.4, -0.2) is 23.5 Å². The van der Waals surface area contributed by atoms with Crippen molar-refractivity contribution in [2.45, 2.75) is 38.6 Å². The number of aromatic nitrogens is 1. The number of amides is 1. The molecule has 1 fully saturated rings. The first-order chi connectivity index (χ1) is 10.1. The predicted octanol–water partition coefficient (Wildman–Crippen LogP) is 2.34. The van der Waals surface area contributed by atoms with E-state index in [0.717, 1.165) is 35.9 Å². The molecule has 0 bridgehead atoms. The molecule has 2 atom stereocenters. The molecular weight excluding hydrogens is 302 g/mol. The average Bonchev–Trinajstić information content (AvgIpc) is 3.05. The molecule has 1 heterocycles. The number of hydrogen-bond donors (Lipinski definition) is 2. The van der Waals surface area contributed by atoms with Gasteiger partial charge >= 0.3 is 0 Å². The Bertz CT molecular complexity index is 656. The Morgan fingerprint density at radius 3 is 2.95 bits per heavy atom. The highest BCUT2D eigenvalue weighted by atomic mass is 35.5. The zero-order valence-corrected chi connectivity index (χ0v) is 13.5. The Balaban J connectivity index is 0.00000176. The predicted molar refractivity (Wildman–Crippen MR) is 88.0 cm³/mol. The fraction of sp³-hybridized carbons (Fsp3) is 0.500. The van der Waals surface area contributed by atoms with Crippen molar-refractivity contribution >= 4 is 29.4 Å². The second-order valence-corrected chi connectivity index (χ2v) is 5.77. The molecule has 1 aromatic carbocycles. The molecule has 0 radical (unpaired) electrons. The minimum Gasteiger partial charge on any atom is -0.441 e. The van der Waals surface area contributed by atoms with E-state index in [0.29, 0.717) is 18.9 Å². The molecule has 1 saturated carbocycles. The van der Waals surface area contributed by atoms with Crippen molar-refractivity contribution in [2.24, 2.45) is 11.7 Å². The molecule has 120 valence electrons. The van der Waals surface area contributed by atoms with Crippen LogP contribution in [0.1, 0.15) is 30.7 Å². The number of fused-ring (bicyclic) bond motifs is 1. The molecule has 0 spiro atoms. The van der Waals surface area contributed by atoms with Crippen LogP contribution in [0.5, 0.6) is 0 Å². The van der Waals surface area contributed by atoms with Crippen LogP contribution >= 0.6 is 12.4 Å². The summed E-state index contributed by atoms with van der Waals surface area (Å²) in [4.78, 5) is 16.5. The Labute approximate surface area is 136 Å². The third-order valence-electron chi connectivity index (χ3n) is 4.21. The lowest BCUT2D eigenvalue weighted by Crippen LogP contribution is -2.39. The third kappa shape index (κ3) is 3.42. The topological polar surface area (TPSA) is 81.2 Å². The Morgan fingerprint density at radius 2 is 2.27 bits per heavy atom. The highest BCUT2D eigenvalue weighted by molar-refractivity contribution is 5.85. The summed E-state index contributed by atoms with van der Waals surface area (Å²) in [5.74, 6) is 0.693. The van der Waals surface area contributed by atoms with Gasteiger partial charge in [0.2, 0.25) is 5.91 Å². The van der Waals surface area contributed by atoms with Crippen molar-refractivity contribution in [3.63, 3.8) is 0 Å². The Morgan fingerprint density at radius 1 is 1.45 bits per heavy atom. The maximum absolute atomic E-state index is 12.0. The van der Waals surface area contributed by atoms with Crippen LogP contribution in [0.3, 0.4) is 0 Å². The van der Waals surface area contributed by atoms with Crippen molar-refractivity contribution in [1.82, 2.24) is 10.3 Å². The van der Waals surface area contributed by atoms with Crippen LogP contribution < -0.4 is 11.1 Å². The number of benzene rings is 1. The summed E-state index contributed by atoms with van der Waals surface area (Å²) in [7, 11) is 0. The van der Waals surface area contributed by atoms with Crippen LogP contribution in [-0.2, 0) is 11.2 Å². The van der Waals surface area contributed by atoms with E-state index in [4.69, 9.17) is 10.2 Å². The van der Waals surface area contributed by atoms with Crippen molar-refractivity contribution in [1.29, 1.82) is 0 Å². The number of carbonyl (C=O) groups is 1. The van der Waals surface area contributed by atoms with Crippen LogP contribution in [0.25, 0.3) is 11.1 Å². The molecule has 6 heteroatoms. The van der Waals surface area contributed by atoms with Crippen LogP contribution in [0, 0.1) is 12.8 Å². The lowest BCUT2D eigenvalue weighted by Gasteiger charge is -2.14. The second kappa shape index (κ2) is 7.11. The summed E-state index contributed by atoms with van der Waals surface area (Å²) in [6.45, 7) is 2.55. The Hall–Kier alpha value is -1.59. The van der Waals surface area contributed by atoms with Crippen molar-refractivity contribution in [3.05, 3.63) is 29.7 Å². The van der Waals surface area contributed by atoms with Gasteiger partial charge in [0.15, 0.2) is 11.5 Å². The zero-order chi connectivity index (χ0) is 14.8. The van der Waals surface area contributed by atoms with Crippen LogP contribution in [0.4, 0.5) is 0 Å². The lowest BCUT2D eigenvalue weighted by molar-refractivity contribution is -0.125. The minimum absolute atomic E-state index is 0. The normalized spacial score (nSPS) is 20.8. The maximum Gasteiger partial charge on any atom is 0.224 e. The summed E-state index contributed by atoms with van der Waals surface area (Å²) >= 11 is 0.